The van der Waals surface area contributed by atoms with Crippen molar-refractivity contribution >= 4 is 46.5 Å². The van der Waals surface area contributed by atoms with Crippen molar-refractivity contribution in [1.29, 1.82) is 0 Å². The van der Waals surface area contributed by atoms with Gasteiger partial charge < -0.3 is 20.6 Å². The van der Waals surface area contributed by atoms with Crippen LogP contribution in [0, 0.1) is 11.7 Å². The largest absolute Gasteiger partial charge is 0.396 e. The Hall–Kier alpha value is -2.83. The van der Waals surface area contributed by atoms with Crippen molar-refractivity contribution in [2.75, 3.05) is 56.2 Å². The van der Waals surface area contributed by atoms with Crippen molar-refractivity contribution in [3.63, 3.8) is 0 Å². The van der Waals surface area contributed by atoms with Crippen LogP contribution < -0.4 is 10.6 Å². The van der Waals surface area contributed by atoms with Gasteiger partial charge in [0, 0.05) is 60.0 Å². The van der Waals surface area contributed by atoms with Crippen molar-refractivity contribution < 1.29 is 14.3 Å². The lowest BCUT2D eigenvalue weighted by Gasteiger charge is -2.32. The highest BCUT2D eigenvalue weighted by molar-refractivity contribution is 7.99. The number of carbonyl (C=O) groups is 1. The lowest BCUT2D eigenvalue weighted by molar-refractivity contribution is -0.117. The van der Waals surface area contributed by atoms with Crippen LogP contribution in [0.1, 0.15) is 12.8 Å². The van der Waals surface area contributed by atoms with Gasteiger partial charge >= 0.3 is 0 Å². The molecule has 9 nitrogen and oxygen atoms in total. The first kappa shape index (κ1) is 27.7. The highest BCUT2D eigenvalue weighted by Gasteiger charge is 2.33. The number of pyridine rings is 1. The maximum absolute atomic E-state index is 14.5. The molecule has 206 valence electrons. The number of hydrogen-bond donors (Lipinski definition) is 3. The van der Waals surface area contributed by atoms with E-state index in [1.165, 1.54) is 42.8 Å². The topological polar surface area (TPSA) is 107 Å². The number of aromatic nitrogens is 3. The highest BCUT2D eigenvalue weighted by Crippen LogP contribution is 2.33. The summed E-state index contributed by atoms with van der Waals surface area (Å²) in [6.07, 6.45) is 4.00. The van der Waals surface area contributed by atoms with E-state index in [1.807, 2.05) is 0 Å². The molecule has 0 saturated carbocycles. The summed E-state index contributed by atoms with van der Waals surface area (Å²) in [7, 11) is 2.17. The average molecular weight is 572 g/mol. The van der Waals surface area contributed by atoms with Crippen LogP contribution in [-0.2, 0) is 4.79 Å². The third kappa shape index (κ3) is 7.03. The molecule has 3 N–H and O–H groups in total. The average Bonchev–Trinajstić information content (AvgIpc) is 3.19. The molecule has 3 aromatic rings. The van der Waals surface area contributed by atoms with E-state index in [4.69, 9.17) is 11.6 Å². The predicted molar refractivity (Wildman–Crippen MR) is 152 cm³/mol. The molecule has 0 aliphatic carbocycles. The van der Waals surface area contributed by atoms with E-state index in [-0.39, 0.29) is 18.1 Å². The summed E-state index contributed by atoms with van der Waals surface area (Å²) in [4.78, 5) is 21.9. The van der Waals surface area contributed by atoms with Crippen molar-refractivity contribution in [3.8, 4) is 11.3 Å². The van der Waals surface area contributed by atoms with Gasteiger partial charge in [-0.05, 0) is 56.1 Å². The summed E-state index contributed by atoms with van der Waals surface area (Å²) in [5.74, 6) is 0.873. The smallest absolute Gasteiger partial charge is 0.239 e. The zero-order valence-corrected chi connectivity index (χ0v) is 23.2. The Morgan fingerprint density at radius 1 is 1.18 bits per heavy atom. The number of thioether (sulfide) groups is 1. The zero-order chi connectivity index (χ0) is 27.4. The molecule has 3 saturated heterocycles. The Labute approximate surface area is 236 Å². The summed E-state index contributed by atoms with van der Waals surface area (Å²) in [6.45, 7) is 3.21. The molecule has 0 radical (unpaired) electrons. The first-order valence-corrected chi connectivity index (χ1v) is 14.3. The van der Waals surface area contributed by atoms with Crippen LogP contribution in [0.5, 0.6) is 0 Å². The number of hydrogen-bond acceptors (Lipinski definition) is 9. The number of halogens is 2. The quantitative estimate of drug-likeness (QED) is 0.327. The molecule has 3 aliphatic rings. The van der Waals surface area contributed by atoms with E-state index in [2.05, 4.69) is 42.7 Å². The number of nitrogens with one attached hydrogen (secondary N) is 2. The van der Waals surface area contributed by atoms with Gasteiger partial charge in [0.05, 0.1) is 24.5 Å². The summed E-state index contributed by atoms with van der Waals surface area (Å²) in [5, 5.41) is 24.9. The Kier molecular flexibility index (Phi) is 8.93. The molecule has 2 bridgehead atoms. The number of aliphatic hydroxyl groups is 1. The molecular formula is C27H31ClFN7O2S. The lowest BCUT2D eigenvalue weighted by atomic mass is 9.96. The Morgan fingerprint density at radius 3 is 2.87 bits per heavy atom. The van der Waals surface area contributed by atoms with Gasteiger partial charge in [-0.25, -0.2) is 9.37 Å². The summed E-state index contributed by atoms with van der Waals surface area (Å²) in [6, 6.07) is 9.94. The van der Waals surface area contributed by atoms with Gasteiger partial charge in [0.1, 0.15) is 16.7 Å². The molecule has 3 fully saturated rings. The minimum atomic E-state index is -0.464. The number of rotatable bonds is 9. The second-order valence-electron chi connectivity index (χ2n) is 9.98. The van der Waals surface area contributed by atoms with E-state index in [0.717, 1.165) is 19.6 Å². The normalized spacial score (nSPS) is 19.6. The molecule has 12 heteroatoms. The van der Waals surface area contributed by atoms with Crippen molar-refractivity contribution in [2.24, 2.45) is 5.92 Å². The van der Waals surface area contributed by atoms with E-state index in [1.54, 1.807) is 24.4 Å². The fraction of sp³-hybridized carbons (Fsp3) is 0.407. The summed E-state index contributed by atoms with van der Waals surface area (Å²) >= 11 is 7.40. The predicted octanol–water partition coefficient (Wildman–Crippen LogP) is 4.12. The van der Waals surface area contributed by atoms with Crippen molar-refractivity contribution in [3.05, 3.63) is 53.4 Å². The standard InChI is InChI=1S/C27H31ClFN7O2S/c1-35-13-17-2-4-20(35)15-36(14-17)16-26(38)32-25-11-19(6-7-30-25)31-24-12-23(33-34-27(24)39-9-8-37)21-10-18(28)3-5-22(21)29/h3,5-7,10-12,17,20,37H,2,4,8-9,13-16H2,1H3,(H2,30,31,32,33,38). The SMILES string of the molecule is CN1CC2CCC1CN(CC(=O)Nc1cc(Nc3cc(-c4cc(Cl)ccc4F)nnc3SCCO)ccn1)C2. The molecule has 1 aromatic carbocycles. The van der Waals surface area contributed by atoms with Crippen LogP contribution >= 0.6 is 23.4 Å². The van der Waals surface area contributed by atoms with Gasteiger partial charge in [0.15, 0.2) is 0 Å². The Bertz CT molecular complexity index is 1330. The maximum Gasteiger partial charge on any atom is 0.239 e. The maximum atomic E-state index is 14.5. The summed E-state index contributed by atoms with van der Waals surface area (Å²) in [5.41, 5.74) is 1.77. The van der Waals surface area contributed by atoms with E-state index in [9.17, 15) is 14.3 Å². The van der Waals surface area contributed by atoms with Crippen LogP contribution in [0.25, 0.3) is 11.3 Å². The molecule has 6 rings (SSSR count). The van der Waals surface area contributed by atoms with Crippen molar-refractivity contribution in [2.45, 2.75) is 23.9 Å². The Morgan fingerprint density at radius 2 is 2.05 bits per heavy atom. The molecule has 39 heavy (non-hydrogen) atoms. The summed E-state index contributed by atoms with van der Waals surface area (Å²) < 4.78 is 14.5. The lowest BCUT2D eigenvalue weighted by Crippen LogP contribution is -2.42. The van der Waals surface area contributed by atoms with Gasteiger partial charge in [-0.2, -0.15) is 0 Å². The van der Waals surface area contributed by atoms with Gasteiger partial charge in [0.2, 0.25) is 5.91 Å². The number of likely N-dealkylation sites (N-methyl/N-ethyl adjacent to an activating group) is 1. The van der Waals surface area contributed by atoms with Gasteiger partial charge in [-0.3, -0.25) is 9.69 Å². The molecule has 3 aliphatic heterocycles. The van der Waals surface area contributed by atoms with Gasteiger partial charge in [0.25, 0.3) is 0 Å². The molecule has 0 spiro atoms. The number of aliphatic hydroxyl groups excluding tert-OH is 1. The minimum Gasteiger partial charge on any atom is -0.396 e. The van der Waals surface area contributed by atoms with Gasteiger partial charge in [-0.15, -0.1) is 22.0 Å². The second kappa shape index (κ2) is 12.6. The first-order chi connectivity index (χ1) is 18.9. The number of nitrogens with zero attached hydrogens (tertiary/aromatic N) is 5. The number of piperidine rings is 1. The molecular weight excluding hydrogens is 541 g/mol. The molecule has 2 atom stereocenters. The number of fused-ring (bicyclic) bond motifs is 4. The third-order valence-corrected chi connectivity index (χ3v) is 8.23. The van der Waals surface area contributed by atoms with Crippen LogP contribution in [0.15, 0.2) is 47.6 Å². The number of benzene rings is 1. The number of amides is 1. The Balaban J connectivity index is 1.30. The fourth-order valence-electron chi connectivity index (χ4n) is 5.20. The van der Waals surface area contributed by atoms with Crippen LogP contribution in [0.2, 0.25) is 5.02 Å². The van der Waals surface area contributed by atoms with E-state index >= 15 is 0 Å². The monoisotopic (exact) mass is 571 g/mol. The highest BCUT2D eigenvalue weighted by atomic mass is 35.5. The minimum absolute atomic E-state index is 0.0311. The van der Waals surface area contributed by atoms with E-state index < -0.39 is 5.82 Å². The van der Waals surface area contributed by atoms with Gasteiger partial charge in [-0.1, -0.05) is 11.6 Å². The molecule has 2 unspecified atom stereocenters. The van der Waals surface area contributed by atoms with Crippen LogP contribution in [0.4, 0.5) is 21.6 Å². The van der Waals surface area contributed by atoms with Crippen molar-refractivity contribution in [1.82, 2.24) is 25.0 Å². The molecule has 5 heterocycles. The fourth-order valence-corrected chi connectivity index (χ4v) is 6.03. The second-order valence-corrected chi connectivity index (χ2v) is 11.5. The molecule has 1 amide bonds. The third-order valence-electron chi connectivity index (χ3n) is 7.03. The zero-order valence-electron chi connectivity index (χ0n) is 21.6. The number of carbonyl (C=O) groups excluding carboxylic acids is 1. The van der Waals surface area contributed by atoms with E-state index in [0.29, 0.717) is 57.2 Å². The first-order valence-electron chi connectivity index (χ1n) is 12.9. The molecule has 2 aromatic heterocycles. The van der Waals surface area contributed by atoms with Crippen LogP contribution in [-0.4, -0.2) is 87.6 Å². The number of anilines is 3. The van der Waals surface area contributed by atoms with Crippen LogP contribution in [0.3, 0.4) is 0 Å².